The second-order valence-electron chi connectivity index (χ2n) is 6.35. The molecule has 1 N–H and O–H groups in total. The number of ether oxygens (including phenoxy) is 1. The van der Waals surface area contributed by atoms with Crippen LogP contribution in [0.1, 0.15) is 31.9 Å². The zero-order chi connectivity index (χ0) is 15.5. The van der Waals surface area contributed by atoms with Crippen molar-refractivity contribution in [3.05, 3.63) is 42.0 Å². The van der Waals surface area contributed by atoms with Gasteiger partial charge in [0.2, 0.25) is 0 Å². The average molecular weight is 289 g/mol. The van der Waals surface area contributed by atoms with E-state index in [0.717, 1.165) is 11.3 Å². The van der Waals surface area contributed by atoms with Crippen LogP contribution < -0.4 is 4.74 Å². The van der Waals surface area contributed by atoms with Crippen molar-refractivity contribution >= 4 is 0 Å². The molecule has 0 aliphatic carbocycles. The van der Waals surface area contributed by atoms with E-state index < -0.39 is 6.10 Å². The van der Waals surface area contributed by atoms with Crippen molar-refractivity contribution in [2.45, 2.75) is 45.8 Å². The summed E-state index contributed by atoms with van der Waals surface area (Å²) in [5.74, 6) is 0.811. The molecule has 5 nitrogen and oxygen atoms in total. The maximum Gasteiger partial charge on any atom is 0.122 e. The summed E-state index contributed by atoms with van der Waals surface area (Å²) in [5, 5.41) is 17.4. The Kier molecular flexibility index (Phi) is 4.63. The lowest BCUT2D eigenvalue weighted by Gasteiger charge is -2.21. The molecule has 1 atom stereocenters. The largest absolute Gasteiger partial charge is 0.491 e. The normalized spacial score (nSPS) is 13.2. The third kappa shape index (κ3) is 4.29. The molecule has 1 heterocycles. The Morgan fingerprint density at radius 3 is 2.48 bits per heavy atom. The number of nitrogens with zero attached hydrogens (tertiary/aromatic N) is 3. The Balaban J connectivity index is 1.94. The quantitative estimate of drug-likeness (QED) is 0.917. The minimum Gasteiger partial charge on any atom is -0.491 e. The highest BCUT2D eigenvalue weighted by Gasteiger charge is 2.15. The van der Waals surface area contributed by atoms with E-state index in [4.69, 9.17) is 4.74 Å². The van der Waals surface area contributed by atoms with Gasteiger partial charge in [-0.2, -0.15) is 0 Å². The van der Waals surface area contributed by atoms with Gasteiger partial charge in [0.25, 0.3) is 0 Å². The van der Waals surface area contributed by atoms with Gasteiger partial charge in [-0.3, -0.25) is 0 Å². The predicted octanol–water partition coefficient (Wildman–Crippen LogP) is 2.32. The lowest BCUT2D eigenvalue weighted by atomic mass is 9.86. The molecule has 0 bridgehead atoms. The molecule has 1 aromatic carbocycles. The van der Waals surface area contributed by atoms with Crippen molar-refractivity contribution in [1.29, 1.82) is 0 Å². The van der Waals surface area contributed by atoms with Gasteiger partial charge in [0, 0.05) is 0 Å². The SMILES string of the molecule is Cc1cc(C(C)(C)C)ccc1OCC(O)Cn1cnnc1. The molecular weight excluding hydrogens is 266 g/mol. The van der Waals surface area contributed by atoms with E-state index in [-0.39, 0.29) is 12.0 Å². The van der Waals surface area contributed by atoms with Crippen LogP contribution in [-0.2, 0) is 12.0 Å². The van der Waals surface area contributed by atoms with Crippen LogP contribution >= 0.6 is 0 Å². The molecule has 0 aliphatic heterocycles. The first-order valence-electron chi connectivity index (χ1n) is 7.10. The molecular formula is C16H23N3O2. The van der Waals surface area contributed by atoms with Gasteiger partial charge in [0.05, 0.1) is 6.54 Å². The van der Waals surface area contributed by atoms with E-state index in [0.29, 0.717) is 6.54 Å². The predicted molar refractivity (Wildman–Crippen MR) is 81.4 cm³/mol. The summed E-state index contributed by atoms with van der Waals surface area (Å²) in [6.45, 7) is 9.25. The monoisotopic (exact) mass is 289 g/mol. The molecule has 0 amide bonds. The molecule has 0 aliphatic rings. The summed E-state index contributed by atoms with van der Waals surface area (Å²) < 4.78 is 7.44. The van der Waals surface area contributed by atoms with Crippen LogP contribution in [0.5, 0.6) is 5.75 Å². The Hall–Kier alpha value is -1.88. The van der Waals surface area contributed by atoms with Gasteiger partial charge in [0.15, 0.2) is 0 Å². The Morgan fingerprint density at radius 2 is 1.90 bits per heavy atom. The van der Waals surface area contributed by atoms with Crippen molar-refractivity contribution in [3.8, 4) is 5.75 Å². The van der Waals surface area contributed by atoms with Gasteiger partial charge in [-0.25, -0.2) is 0 Å². The molecule has 0 saturated carbocycles. The van der Waals surface area contributed by atoms with Gasteiger partial charge in [-0.05, 0) is 29.5 Å². The molecule has 0 radical (unpaired) electrons. The number of benzene rings is 1. The number of aryl methyl sites for hydroxylation is 1. The van der Waals surface area contributed by atoms with Crippen LogP contribution in [0.3, 0.4) is 0 Å². The molecule has 1 aromatic heterocycles. The zero-order valence-electron chi connectivity index (χ0n) is 13.1. The zero-order valence-corrected chi connectivity index (χ0v) is 13.1. The maximum absolute atomic E-state index is 9.96. The van der Waals surface area contributed by atoms with E-state index in [1.54, 1.807) is 17.2 Å². The second-order valence-corrected chi connectivity index (χ2v) is 6.35. The van der Waals surface area contributed by atoms with Gasteiger partial charge in [-0.15, -0.1) is 10.2 Å². The minimum atomic E-state index is -0.595. The molecule has 114 valence electrons. The minimum absolute atomic E-state index is 0.122. The van der Waals surface area contributed by atoms with E-state index in [9.17, 15) is 5.11 Å². The standard InChI is InChI=1S/C16H23N3O2/c1-12-7-13(16(2,3)4)5-6-15(12)21-9-14(20)8-19-10-17-18-11-19/h5-7,10-11,14,20H,8-9H2,1-4H3. The van der Waals surface area contributed by atoms with Crippen LogP contribution in [0.2, 0.25) is 0 Å². The third-order valence-corrected chi connectivity index (χ3v) is 3.36. The summed E-state index contributed by atoms with van der Waals surface area (Å²) in [7, 11) is 0. The number of aromatic nitrogens is 3. The number of hydrogen-bond donors (Lipinski definition) is 1. The van der Waals surface area contributed by atoms with Crippen LogP contribution in [0, 0.1) is 6.92 Å². The second kappa shape index (κ2) is 6.26. The van der Waals surface area contributed by atoms with Crippen LogP contribution in [0.4, 0.5) is 0 Å². The molecule has 0 spiro atoms. The van der Waals surface area contributed by atoms with Gasteiger partial charge in [-0.1, -0.05) is 32.9 Å². The number of aliphatic hydroxyl groups is 1. The van der Waals surface area contributed by atoms with E-state index >= 15 is 0 Å². The summed E-state index contributed by atoms with van der Waals surface area (Å²) in [4.78, 5) is 0. The number of rotatable bonds is 5. The topological polar surface area (TPSA) is 60.2 Å². The molecule has 2 aromatic rings. The fourth-order valence-corrected chi connectivity index (χ4v) is 2.08. The average Bonchev–Trinajstić information content (AvgIpc) is 2.89. The van der Waals surface area contributed by atoms with Gasteiger partial charge < -0.3 is 14.4 Å². The molecule has 1 unspecified atom stereocenters. The van der Waals surface area contributed by atoms with Gasteiger partial charge >= 0.3 is 0 Å². The third-order valence-electron chi connectivity index (χ3n) is 3.36. The lowest BCUT2D eigenvalue weighted by molar-refractivity contribution is 0.0920. The highest BCUT2D eigenvalue weighted by Crippen LogP contribution is 2.27. The molecule has 2 rings (SSSR count). The van der Waals surface area contributed by atoms with Crippen LogP contribution in [0.15, 0.2) is 30.9 Å². The summed E-state index contributed by atoms with van der Waals surface area (Å²) >= 11 is 0. The maximum atomic E-state index is 9.96. The number of hydrogen-bond acceptors (Lipinski definition) is 4. The number of aliphatic hydroxyl groups excluding tert-OH is 1. The highest BCUT2D eigenvalue weighted by atomic mass is 16.5. The van der Waals surface area contributed by atoms with E-state index in [1.165, 1.54) is 5.56 Å². The van der Waals surface area contributed by atoms with E-state index in [1.807, 2.05) is 13.0 Å². The highest BCUT2D eigenvalue weighted by molar-refractivity contribution is 5.38. The van der Waals surface area contributed by atoms with Crippen molar-refractivity contribution < 1.29 is 9.84 Å². The Labute approximate surface area is 125 Å². The van der Waals surface area contributed by atoms with Crippen molar-refractivity contribution in [2.75, 3.05) is 6.61 Å². The molecule has 5 heteroatoms. The summed E-state index contributed by atoms with van der Waals surface area (Å²) in [6, 6.07) is 6.19. The fraction of sp³-hybridized carbons (Fsp3) is 0.500. The summed E-state index contributed by atoms with van der Waals surface area (Å²) in [5.41, 5.74) is 2.48. The van der Waals surface area contributed by atoms with Crippen molar-refractivity contribution in [1.82, 2.24) is 14.8 Å². The first-order chi connectivity index (χ1) is 9.86. The van der Waals surface area contributed by atoms with Crippen molar-refractivity contribution in [2.24, 2.45) is 0 Å². The van der Waals surface area contributed by atoms with Crippen LogP contribution in [-0.4, -0.2) is 32.6 Å². The van der Waals surface area contributed by atoms with Gasteiger partial charge in [0.1, 0.15) is 31.1 Å². The summed E-state index contributed by atoms with van der Waals surface area (Å²) in [6.07, 6.45) is 2.56. The molecule has 0 saturated heterocycles. The Bertz CT molecular complexity index is 574. The van der Waals surface area contributed by atoms with E-state index in [2.05, 4.69) is 43.1 Å². The van der Waals surface area contributed by atoms with Crippen LogP contribution in [0.25, 0.3) is 0 Å². The molecule has 21 heavy (non-hydrogen) atoms. The first kappa shape index (κ1) is 15.5. The smallest absolute Gasteiger partial charge is 0.122 e. The fourth-order valence-electron chi connectivity index (χ4n) is 2.08. The van der Waals surface area contributed by atoms with Crippen molar-refractivity contribution in [3.63, 3.8) is 0 Å². The lowest BCUT2D eigenvalue weighted by Crippen LogP contribution is -2.23. The Morgan fingerprint density at radius 1 is 1.24 bits per heavy atom. The molecule has 0 fully saturated rings. The first-order valence-corrected chi connectivity index (χ1v) is 7.10.